The molecule has 1 atom stereocenters. The maximum Gasteiger partial charge on any atom is 0.238 e. The second-order valence-electron chi connectivity index (χ2n) is 5.67. The fourth-order valence-electron chi connectivity index (χ4n) is 2.97. The van der Waals surface area contributed by atoms with Crippen molar-refractivity contribution in [3.63, 3.8) is 0 Å². The highest BCUT2D eigenvalue weighted by Gasteiger charge is 2.31. The van der Waals surface area contributed by atoms with Crippen molar-refractivity contribution in [2.75, 3.05) is 38.1 Å². The molecule has 1 N–H and O–H groups in total. The molecule has 0 aromatic heterocycles. The minimum absolute atomic E-state index is 0.0427. The molecule has 2 heterocycles. The van der Waals surface area contributed by atoms with Gasteiger partial charge in [-0.2, -0.15) is 0 Å². The molecule has 0 radical (unpaired) electrons. The van der Waals surface area contributed by atoms with Gasteiger partial charge in [-0.05, 0) is 12.1 Å². The first-order chi connectivity index (χ1) is 10.7. The number of rotatable bonds is 1. The van der Waals surface area contributed by atoms with Crippen LogP contribution < -0.4 is 10.1 Å². The Morgan fingerprint density at radius 2 is 2.18 bits per heavy atom. The van der Waals surface area contributed by atoms with E-state index in [1.165, 1.54) is 0 Å². The molecule has 0 spiro atoms. The number of carbonyl (C=O) groups is 2. The average Bonchev–Trinajstić information content (AvgIpc) is 2.60. The SMILES string of the molecule is CCC(=O)N1CCN2CC(=O)Nc3ccccc3OC[C@H]2C1. The fourth-order valence-corrected chi connectivity index (χ4v) is 2.97. The molecule has 6 heteroatoms. The van der Waals surface area contributed by atoms with Gasteiger partial charge in [0.2, 0.25) is 11.8 Å². The van der Waals surface area contributed by atoms with Crippen LogP contribution in [0.3, 0.4) is 0 Å². The Hall–Kier alpha value is -2.08. The summed E-state index contributed by atoms with van der Waals surface area (Å²) in [5, 5.41) is 2.89. The lowest BCUT2D eigenvalue weighted by molar-refractivity contribution is -0.134. The summed E-state index contributed by atoms with van der Waals surface area (Å²) in [6.07, 6.45) is 0.511. The van der Waals surface area contributed by atoms with Gasteiger partial charge < -0.3 is 15.0 Å². The summed E-state index contributed by atoms with van der Waals surface area (Å²) in [6.45, 7) is 4.66. The number of benzene rings is 1. The predicted octanol–water partition coefficient (Wildman–Crippen LogP) is 0.940. The van der Waals surface area contributed by atoms with E-state index in [9.17, 15) is 9.59 Å². The summed E-state index contributed by atoms with van der Waals surface area (Å²) in [4.78, 5) is 28.1. The first-order valence-electron chi connectivity index (χ1n) is 7.71. The van der Waals surface area contributed by atoms with E-state index >= 15 is 0 Å². The van der Waals surface area contributed by atoms with E-state index in [1.54, 1.807) is 0 Å². The van der Waals surface area contributed by atoms with Gasteiger partial charge in [-0.1, -0.05) is 19.1 Å². The van der Waals surface area contributed by atoms with Gasteiger partial charge in [0.15, 0.2) is 0 Å². The Labute approximate surface area is 130 Å². The number of hydrogen-bond donors (Lipinski definition) is 1. The van der Waals surface area contributed by atoms with Crippen molar-refractivity contribution in [3.05, 3.63) is 24.3 Å². The Morgan fingerprint density at radius 3 is 3.00 bits per heavy atom. The molecule has 1 fully saturated rings. The number of nitrogens with one attached hydrogen (secondary N) is 1. The quantitative estimate of drug-likeness (QED) is 0.839. The highest BCUT2D eigenvalue weighted by atomic mass is 16.5. The van der Waals surface area contributed by atoms with Crippen molar-refractivity contribution in [1.29, 1.82) is 0 Å². The monoisotopic (exact) mass is 303 g/mol. The summed E-state index contributed by atoms with van der Waals surface area (Å²) < 4.78 is 5.89. The van der Waals surface area contributed by atoms with E-state index < -0.39 is 0 Å². The molecule has 2 aliphatic heterocycles. The van der Waals surface area contributed by atoms with Crippen LogP contribution in [0.1, 0.15) is 13.3 Å². The number of hydrogen-bond acceptors (Lipinski definition) is 4. The van der Waals surface area contributed by atoms with E-state index in [-0.39, 0.29) is 17.9 Å². The number of piperazine rings is 1. The zero-order valence-corrected chi connectivity index (χ0v) is 12.7. The molecule has 0 unspecified atom stereocenters. The van der Waals surface area contributed by atoms with Crippen LogP contribution in [0.4, 0.5) is 5.69 Å². The molecule has 1 aromatic carbocycles. The van der Waals surface area contributed by atoms with Crippen LogP contribution in [0, 0.1) is 0 Å². The smallest absolute Gasteiger partial charge is 0.238 e. The summed E-state index contributed by atoms with van der Waals surface area (Å²) in [5.41, 5.74) is 0.703. The van der Waals surface area contributed by atoms with Gasteiger partial charge in [0.1, 0.15) is 12.4 Å². The van der Waals surface area contributed by atoms with Crippen molar-refractivity contribution in [3.8, 4) is 5.75 Å². The van der Waals surface area contributed by atoms with Gasteiger partial charge in [0, 0.05) is 26.1 Å². The molecule has 0 bridgehead atoms. The minimum Gasteiger partial charge on any atom is -0.490 e. The topological polar surface area (TPSA) is 61.9 Å². The van der Waals surface area contributed by atoms with Gasteiger partial charge in [-0.25, -0.2) is 0 Å². The Kier molecular flexibility index (Phi) is 4.29. The van der Waals surface area contributed by atoms with Crippen LogP contribution in [0.25, 0.3) is 0 Å². The van der Waals surface area contributed by atoms with Crippen LogP contribution in [0.5, 0.6) is 5.75 Å². The number of amides is 2. The number of fused-ring (bicyclic) bond motifs is 2. The summed E-state index contributed by atoms with van der Waals surface area (Å²) in [7, 11) is 0. The van der Waals surface area contributed by atoms with Crippen LogP contribution in [-0.4, -0.2) is 60.4 Å². The number of ether oxygens (including phenoxy) is 1. The van der Waals surface area contributed by atoms with Crippen molar-refractivity contribution >= 4 is 17.5 Å². The molecule has 3 rings (SSSR count). The molecule has 22 heavy (non-hydrogen) atoms. The molecule has 2 amide bonds. The zero-order valence-electron chi connectivity index (χ0n) is 12.7. The summed E-state index contributed by atoms with van der Waals surface area (Å²) >= 11 is 0. The van der Waals surface area contributed by atoms with E-state index in [0.717, 1.165) is 0 Å². The van der Waals surface area contributed by atoms with Gasteiger partial charge in [0.25, 0.3) is 0 Å². The first-order valence-corrected chi connectivity index (χ1v) is 7.71. The third-order valence-electron chi connectivity index (χ3n) is 4.20. The lowest BCUT2D eigenvalue weighted by Crippen LogP contribution is -2.57. The van der Waals surface area contributed by atoms with Crippen molar-refractivity contribution in [1.82, 2.24) is 9.80 Å². The lowest BCUT2D eigenvalue weighted by atomic mass is 10.1. The standard InChI is InChI=1S/C16H21N3O3/c1-2-16(21)19-8-7-18-10-15(20)17-13-5-3-4-6-14(13)22-11-12(18)9-19/h3-6,12H,2,7-11H2,1H3,(H,17,20)/t12-/m1/s1. The number of nitrogens with zero attached hydrogens (tertiary/aromatic N) is 2. The van der Waals surface area contributed by atoms with Crippen LogP contribution >= 0.6 is 0 Å². The summed E-state index contributed by atoms with van der Waals surface area (Å²) in [5.74, 6) is 0.791. The van der Waals surface area contributed by atoms with Crippen LogP contribution in [0.2, 0.25) is 0 Å². The number of para-hydroxylation sites is 2. The Balaban J connectivity index is 1.78. The molecule has 1 saturated heterocycles. The van der Waals surface area contributed by atoms with Crippen molar-refractivity contribution in [2.24, 2.45) is 0 Å². The van der Waals surface area contributed by atoms with E-state index in [4.69, 9.17) is 4.74 Å². The Morgan fingerprint density at radius 1 is 1.36 bits per heavy atom. The molecule has 1 aromatic rings. The van der Waals surface area contributed by atoms with Gasteiger partial charge in [-0.3, -0.25) is 14.5 Å². The lowest BCUT2D eigenvalue weighted by Gasteiger charge is -2.40. The highest BCUT2D eigenvalue weighted by Crippen LogP contribution is 2.26. The van der Waals surface area contributed by atoms with E-state index in [0.29, 0.717) is 50.6 Å². The van der Waals surface area contributed by atoms with Crippen LogP contribution in [0.15, 0.2) is 24.3 Å². The maximum atomic E-state index is 12.2. The first kappa shape index (κ1) is 14.8. The molecular formula is C16H21N3O3. The largest absolute Gasteiger partial charge is 0.490 e. The molecule has 118 valence electrons. The fraction of sp³-hybridized carbons (Fsp3) is 0.500. The van der Waals surface area contributed by atoms with Gasteiger partial charge in [-0.15, -0.1) is 0 Å². The molecule has 0 aliphatic carbocycles. The maximum absolute atomic E-state index is 12.2. The van der Waals surface area contributed by atoms with Gasteiger partial charge >= 0.3 is 0 Å². The Bertz CT molecular complexity index is 576. The third-order valence-corrected chi connectivity index (χ3v) is 4.20. The number of carbonyl (C=O) groups excluding carboxylic acids is 2. The molecular weight excluding hydrogens is 282 g/mol. The van der Waals surface area contributed by atoms with Crippen molar-refractivity contribution in [2.45, 2.75) is 19.4 Å². The average molecular weight is 303 g/mol. The minimum atomic E-state index is -0.0433. The highest BCUT2D eigenvalue weighted by molar-refractivity contribution is 5.93. The molecule has 2 aliphatic rings. The predicted molar refractivity (Wildman–Crippen MR) is 82.8 cm³/mol. The van der Waals surface area contributed by atoms with E-state index in [2.05, 4.69) is 10.2 Å². The number of anilines is 1. The summed E-state index contributed by atoms with van der Waals surface area (Å²) in [6, 6.07) is 7.48. The second kappa shape index (κ2) is 6.36. The van der Waals surface area contributed by atoms with Crippen molar-refractivity contribution < 1.29 is 14.3 Å². The van der Waals surface area contributed by atoms with Crippen LogP contribution in [-0.2, 0) is 9.59 Å². The van der Waals surface area contributed by atoms with E-state index in [1.807, 2.05) is 36.1 Å². The molecule has 0 saturated carbocycles. The normalized spacial score (nSPS) is 22.3. The zero-order chi connectivity index (χ0) is 15.5. The second-order valence-corrected chi connectivity index (χ2v) is 5.67. The van der Waals surface area contributed by atoms with Gasteiger partial charge in [0.05, 0.1) is 18.3 Å². The molecule has 6 nitrogen and oxygen atoms in total. The third kappa shape index (κ3) is 3.06.